The second-order valence-corrected chi connectivity index (χ2v) is 6.26. The second-order valence-electron chi connectivity index (χ2n) is 6.26. The molecule has 2 heterocycles. The number of anilines is 1. The third-order valence-corrected chi connectivity index (χ3v) is 4.62. The van der Waals surface area contributed by atoms with Gasteiger partial charge in [-0.25, -0.2) is 9.78 Å². The van der Waals surface area contributed by atoms with E-state index in [9.17, 15) is 4.79 Å². The van der Waals surface area contributed by atoms with E-state index in [2.05, 4.69) is 16.4 Å². The van der Waals surface area contributed by atoms with Crippen molar-refractivity contribution in [2.75, 3.05) is 11.9 Å². The molecule has 1 aromatic heterocycles. The first kappa shape index (κ1) is 13.4. The Balaban J connectivity index is 1.43. The van der Waals surface area contributed by atoms with E-state index in [1.807, 2.05) is 33.9 Å². The maximum atomic E-state index is 12.4. The summed E-state index contributed by atoms with van der Waals surface area (Å²) in [5, 5.41) is 3.05. The molecule has 1 aromatic carbocycles. The van der Waals surface area contributed by atoms with Crippen LogP contribution < -0.4 is 5.32 Å². The summed E-state index contributed by atoms with van der Waals surface area (Å²) < 4.78 is 2.01. The van der Waals surface area contributed by atoms with Crippen molar-refractivity contribution in [3.05, 3.63) is 48.5 Å². The average Bonchev–Trinajstić information content (AvgIpc) is 3.15. The van der Waals surface area contributed by atoms with Gasteiger partial charge in [-0.1, -0.05) is 12.1 Å². The lowest BCUT2D eigenvalue weighted by atomic mass is 10.1. The van der Waals surface area contributed by atoms with Crippen molar-refractivity contribution in [3.63, 3.8) is 0 Å². The lowest BCUT2D eigenvalue weighted by molar-refractivity contribution is 0.195. The zero-order valence-electron chi connectivity index (χ0n) is 12.5. The number of nitrogens with one attached hydrogen (secondary N) is 1. The second kappa shape index (κ2) is 5.48. The van der Waals surface area contributed by atoms with Gasteiger partial charge in [0.1, 0.15) is 0 Å². The van der Waals surface area contributed by atoms with Gasteiger partial charge in [-0.15, -0.1) is 0 Å². The molecule has 1 saturated heterocycles. The van der Waals surface area contributed by atoms with E-state index in [0.29, 0.717) is 6.04 Å². The smallest absolute Gasteiger partial charge is 0.322 e. The Bertz CT molecular complexity index is 667. The number of rotatable bonds is 3. The zero-order chi connectivity index (χ0) is 14.9. The summed E-state index contributed by atoms with van der Waals surface area (Å²) in [5.41, 5.74) is 2.02. The largest absolute Gasteiger partial charge is 0.333 e. The van der Waals surface area contributed by atoms with E-state index in [4.69, 9.17) is 0 Å². The maximum Gasteiger partial charge on any atom is 0.322 e. The third-order valence-electron chi connectivity index (χ3n) is 4.62. The van der Waals surface area contributed by atoms with Crippen molar-refractivity contribution < 1.29 is 4.79 Å². The average molecular weight is 296 g/mol. The van der Waals surface area contributed by atoms with Gasteiger partial charge < -0.3 is 14.8 Å². The number of hydrogen-bond donors (Lipinski definition) is 1. The zero-order valence-corrected chi connectivity index (χ0v) is 12.5. The number of carbonyl (C=O) groups excluding carboxylic acids is 1. The van der Waals surface area contributed by atoms with Crippen molar-refractivity contribution in [2.24, 2.45) is 5.92 Å². The number of imidazole rings is 1. The highest BCUT2D eigenvalue weighted by Crippen LogP contribution is 2.43. The molecule has 1 saturated carbocycles. The highest BCUT2D eigenvalue weighted by molar-refractivity contribution is 5.90. The Kier molecular flexibility index (Phi) is 3.33. The van der Waals surface area contributed by atoms with Crippen LogP contribution >= 0.6 is 0 Å². The minimum Gasteiger partial charge on any atom is -0.333 e. The predicted octanol–water partition coefficient (Wildman–Crippen LogP) is 2.95. The third kappa shape index (κ3) is 2.71. The van der Waals surface area contributed by atoms with Crippen LogP contribution in [0.25, 0.3) is 0 Å². The van der Waals surface area contributed by atoms with E-state index in [0.717, 1.165) is 36.7 Å². The summed E-state index contributed by atoms with van der Waals surface area (Å²) in [4.78, 5) is 18.5. The molecule has 2 aromatic rings. The van der Waals surface area contributed by atoms with E-state index in [-0.39, 0.29) is 6.03 Å². The Morgan fingerprint density at radius 2 is 2.36 bits per heavy atom. The van der Waals surface area contributed by atoms with Gasteiger partial charge in [-0.3, -0.25) is 0 Å². The summed E-state index contributed by atoms with van der Waals surface area (Å²) in [6.07, 6.45) is 9.12. The van der Waals surface area contributed by atoms with Crippen LogP contribution in [-0.4, -0.2) is 33.1 Å². The molecule has 5 heteroatoms. The molecule has 1 aliphatic carbocycles. The fourth-order valence-electron chi connectivity index (χ4n) is 3.40. The lowest BCUT2D eigenvalue weighted by Crippen LogP contribution is -2.40. The van der Waals surface area contributed by atoms with Gasteiger partial charge in [0, 0.05) is 37.2 Å². The fourth-order valence-corrected chi connectivity index (χ4v) is 3.40. The summed E-state index contributed by atoms with van der Waals surface area (Å²) in [5.74, 6) is 0.757. The molecule has 0 bridgehead atoms. The van der Waals surface area contributed by atoms with Crippen LogP contribution in [0.2, 0.25) is 0 Å². The Morgan fingerprint density at radius 1 is 1.41 bits per heavy atom. The van der Waals surface area contributed by atoms with E-state index in [1.165, 1.54) is 12.8 Å². The molecule has 0 radical (unpaired) electrons. The van der Waals surface area contributed by atoms with Gasteiger partial charge in [0.15, 0.2) is 0 Å². The Labute approximate surface area is 130 Å². The Hall–Kier alpha value is -2.30. The number of likely N-dealkylation sites (tertiary alicyclic amines) is 1. The van der Waals surface area contributed by atoms with Crippen molar-refractivity contribution in [2.45, 2.75) is 31.8 Å². The monoisotopic (exact) mass is 296 g/mol. The summed E-state index contributed by atoms with van der Waals surface area (Å²) >= 11 is 0. The van der Waals surface area contributed by atoms with Crippen molar-refractivity contribution in [1.82, 2.24) is 14.5 Å². The first-order valence-electron chi connectivity index (χ1n) is 7.92. The van der Waals surface area contributed by atoms with Crippen LogP contribution in [0.5, 0.6) is 0 Å². The topological polar surface area (TPSA) is 50.2 Å². The molecular formula is C17H20N4O. The Morgan fingerprint density at radius 3 is 3.23 bits per heavy atom. The van der Waals surface area contributed by atoms with Crippen LogP contribution in [-0.2, 0) is 6.54 Å². The normalized spacial score (nSPS) is 23.0. The standard InChI is InChI=1S/C17H20N4O/c22-17(21-7-2-4-14-10-16(14)21)19-15-5-1-3-13(9-15)11-20-8-6-18-12-20/h1,3,5-6,8-9,12,14,16H,2,4,7,10-11H2,(H,19,22). The lowest BCUT2D eigenvalue weighted by Gasteiger charge is -2.27. The van der Waals surface area contributed by atoms with Gasteiger partial charge in [0.2, 0.25) is 0 Å². The van der Waals surface area contributed by atoms with Gasteiger partial charge in [-0.05, 0) is 42.9 Å². The van der Waals surface area contributed by atoms with Gasteiger partial charge >= 0.3 is 6.03 Å². The van der Waals surface area contributed by atoms with Gasteiger partial charge in [0.25, 0.3) is 0 Å². The molecule has 2 atom stereocenters. The van der Waals surface area contributed by atoms with Crippen molar-refractivity contribution in [1.29, 1.82) is 0 Å². The quantitative estimate of drug-likeness (QED) is 0.946. The molecule has 2 amide bonds. The van der Waals surface area contributed by atoms with Gasteiger partial charge in [-0.2, -0.15) is 0 Å². The molecule has 2 aliphatic rings. The number of piperidine rings is 1. The molecule has 114 valence electrons. The minimum absolute atomic E-state index is 0.0481. The number of carbonyl (C=O) groups is 1. The number of fused-ring (bicyclic) bond motifs is 1. The summed E-state index contributed by atoms with van der Waals surface area (Å²) in [6, 6.07) is 8.57. The fraction of sp³-hybridized carbons (Fsp3) is 0.412. The van der Waals surface area contributed by atoms with Gasteiger partial charge in [0.05, 0.1) is 6.33 Å². The molecule has 1 aliphatic heterocycles. The first-order valence-corrected chi connectivity index (χ1v) is 7.92. The molecular weight excluding hydrogens is 276 g/mol. The molecule has 2 unspecified atom stereocenters. The number of amides is 2. The van der Waals surface area contributed by atoms with E-state index in [1.54, 1.807) is 12.5 Å². The minimum atomic E-state index is 0.0481. The number of aromatic nitrogens is 2. The number of benzene rings is 1. The molecule has 4 rings (SSSR count). The van der Waals surface area contributed by atoms with Crippen LogP contribution in [0.15, 0.2) is 43.0 Å². The van der Waals surface area contributed by atoms with Crippen LogP contribution in [0.1, 0.15) is 24.8 Å². The molecule has 5 nitrogen and oxygen atoms in total. The predicted molar refractivity (Wildman–Crippen MR) is 84.6 cm³/mol. The maximum absolute atomic E-state index is 12.4. The number of nitrogens with zero attached hydrogens (tertiary/aromatic N) is 3. The molecule has 0 spiro atoms. The number of urea groups is 1. The van der Waals surface area contributed by atoms with Crippen molar-refractivity contribution >= 4 is 11.7 Å². The molecule has 1 N–H and O–H groups in total. The summed E-state index contributed by atoms with van der Waals surface area (Å²) in [6.45, 7) is 1.65. The summed E-state index contributed by atoms with van der Waals surface area (Å²) in [7, 11) is 0. The number of hydrogen-bond acceptors (Lipinski definition) is 2. The van der Waals surface area contributed by atoms with Crippen LogP contribution in [0.4, 0.5) is 10.5 Å². The van der Waals surface area contributed by atoms with Crippen molar-refractivity contribution in [3.8, 4) is 0 Å². The molecule has 22 heavy (non-hydrogen) atoms. The first-order chi connectivity index (χ1) is 10.8. The highest BCUT2D eigenvalue weighted by Gasteiger charge is 2.45. The molecule has 2 fully saturated rings. The SMILES string of the molecule is O=C(Nc1cccc(Cn2ccnc2)c1)N1CCCC2CC21. The van der Waals surface area contributed by atoms with Crippen LogP contribution in [0.3, 0.4) is 0 Å². The highest BCUT2D eigenvalue weighted by atomic mass is 16.2. The van der Waals surface area contributed by atoms with E-state index >= 15 is 0 Å². The van der Waals surface area contributed by atoms with Crippen LogP contribution in [0, 0.1) is 5.92 Å². The van der Waals surface area contributed by atoms with E-state index < -0.39 is 0 Å².